The number of alkyl halides is 1. The van der Waals surface area contributed by atoms with Gasteiger partial charge >= 0.3 is 0 Å². The van der Waals surface area contributed by atoms with Crippen molar-refractivity contribution in [1.29, 1.82) is 0 Å². The molecule has 4 heteroatoms. The lowest BCUT2D eigenvalue weighted by molar-refractivity contribution is -0.121. The number of nitrogens with one attached hydrogen (secondary N) is 2. The van der Waals surface area contributed by atoms with Crippen LogP contribution in [0.1, 0.15) is 6.92 Å². The minimum Gasteiger partial charge on any atom is -0.353 e. The van der Waals surface area contributed by atoms with Gasteiger partial charge in [0.1, 0.15) is 0 Å². The number of carbonyl (C=O) groups is 1. The lowest BCUT2D eigenvalue weighted by Crippen LogP contribution is -2.32. The van der Waals surface area contributed by atoms with Crippen molar-refractivity contribution in [3.05, 3.63) is 0 Å². The normalized spacial score (nSPS) is 9.40. The number of amides is 1. The van der Waals surface area contributed by atoms with E-state index < -0.39 is 12.6 Å². The molecular formula is C6H13FN2O. The number of hydrogen-bond acceptors (Lipinski definition) is 2. The minimum atomic E-state index is -0.924. The van der Waals surface area contributed by atoms with Crippen LogP contribution >= 0.6 is 0 Å². The third-order valence-corrected chi connectivity index (χ3v) is 0.995. The van der Waals surface area contributed by atoms with E-state index in [1.807, 2.05) is 6.92 Å². The molecule has 10 heavy (non-hydrogen) atoms. The van der Waals surface area contributed by atoms with E-state index in [1.54, 1.807) is 0 Å². The van der Waals surface area contributed by atoms with Crippen molar-refractivity contribution in [3.63, 3.8) is 0 Å². The average Bonchev–Trinajstić information content (AvgIpc) is 1.98. The van der Waals surface area contributed by atoms with Crippen LogP contribution in [0.25, 0.3) is 0 Å². The highest BCUT2D eigenvalue weighted by atomic mass is 19.1. The molecule has 0 saturated carbocycles. The Labute approximate surface area is 60.0 Å². The van der Waals surface area contributed by atoms with Crippen LogP contribution in [0.15, 0.2) is 0 Å². The molecule has 0 rings (SSSR count). The molecule has 2 N–H and O–H groups in total. The second-order valence-corrected chi connectivity index (χ2v) is 1.84. The fourth-order valence-corrected chi connectivity index (χ4v) is 0.514. The van der Waals surface area contributed by atoms with Crippen molar-refractivity contribution in [2.75, 3.05) is 26.3 Å². The van der Waals surface area contributed by atoms with Gasteiger partial charge < -0.3 is 10.6 Å². The predicted molar refractivity (Wildman–Crippen MR) is 37.5 cm³/mol. The zero-order valence-electron chi connectivity index (χ0n) is 6.11. The first-order valence-corrected chi connectivity index (χ1v) is 3.34. The predicted octanol–water partition coefficient (Wildman–Crippen LogP) is -0.318. The Balaban J connectivity index is 2.96. The van der Waals surface area contributed by atoms with Crippen LogP contribution in [0.3, 0.4) is 0 Å². The van der Waals surface area contributed by atoms with E-state index in [-0.39, 0.29) is 0 Å². The largest absolute Gasteiger partial charge is 0.353 e. The third-order valence-electron chi connectivity index (χ3n) is 0.995. The second-order valence-electron chi connectivity index (χ2n) is 1.84. The molecule has 0 aliphatic carbocycles. The Morgan fingerprint density at radius 3 is 2.70 bits per heavy atom. The molecular weight excluding hydrogens is 135 g/mol. The van der Waals surface area contributed by atoms with Crippen molar-refractivity contribution in [1.82, 2.24) is 10.6 Å². The van der Waals surface area contributed by atoms with Crippen LogP contribution < -0.4 is 10.6 Å². The van der Waals surface area contributed by atoms with Crippen molar-refractivity contribution in [2.45, 2.75) is 6.92 Å². The molecule has 3 nitrogen and oxygen atoms in total. The van der Waals surface area contributed by atoms with Gasteiger partial charge in [-0.1, -0.05) is 6.92 Å². The summed E-state index contributed by atoms with van der Waals surface area (Å²) in [5.74, 6) is -0.544. The zero-order valence-corrected chi connectivity index (χ0v) is 6.11. The number of hydrogen-bond donors (Lipinski definition) is 2. The van der Waals surface area contributed by atoms with Crippen molar-refractivity contribution >= 4 is 5.91 Å². The Hall–Kier alpha value is -0.640. The summed E-state index contributed by atoms with van der Waals surface area (Å²) in [7, 11) is 0. The van der Waals surface area contributed by atoms with Gasteiger partial charge in [0.25, 0.3) is 5.91 Å². The Kier molecular flexibility index (Phi) is 6.06. The summed E-state index contributed by atoms with van der Waals surface area (Å²) < 4.78 is 11.5. The van der Waals surface area contributed by atoms with E-state index in [2.05, 4.69) is 10.6 Å². The molecule has 0 aliphatic heterocycles. The molecule has 1 amide bonds. The summed E-state index contributed by atoms with van der Waals surface area (Å²) in [6.07, 6.45) is 0. The first-order valence-electron chi connectivity index (χ1n) is 3.34. The van der Waals surface area contributed by atoms with E-state index in [0.717, 1.165) is 6.54 Å². The fourth-order valence-electron chi connectivity index (χ4n) is 0.514. The third kappa shape index (κ3) is 5.50. The van der Waals surface area contributed by atoms with Gasteiger partial charge in [0.2, 0.25) is 0 Å². The molecule has 0 aromatic rings. The Morgan fingerprint density at radius 2 is 2.20 bits per heavy atom. The fraction of sp³-hybridized carbons (Fsp3) is 0.833. The van der Waals surface area contributed by atoms with E-state index in [0.29, 0.717) is 13.1 Å². The quantitative estimate of drug-likeness (QED) is 0.525. The molecule has 0 atom stereocenters. The van der Waals surface area contributed by atoms with Gasteiger partial charge in [-0.2, -0.15) is 0 Å². The lowest BCUT2D eigenvalue weighted by Gasteiger charge is -2.01. The maximum atomic E-state index is 11.5. The molecule has 0 heterocycles. The van der Waals surface area contributed by atoms with Crippen molar-refractivity contribution in [2.24, 2.45) is 0 Å². The number of carbonyl (C=O) groups excluding carboxylic acids is 1. The molecule has 0 spiro atoms. The maximum Gasteiger partial charge on any atom is 0.251 e. The van der Waals surface area contributed by atoms with Gasteiger partial charge in [-0.05, 0) is 6.54 Å². The maximum absolute atomic E-state index is 11.5. The minimum absolute atomic E-state index is 0.497. The summed E-state index contributed by atoms with van der Waals surface area (Å²) >= 11 is 0. The lowest BCUT2D eigenvalue weighted by atomic mass is 10.5. The molecule has 0 aromatic carbocycles. The standard InChI is InChI=1S/C6H13FN2O/c1-2-8-3-4-9-6(10)5-7/h8H,2-5H2,1H3,(H,9,10). The van der Waals surface area contributed by atoms with Crippen LogP contribution in [0.4, 0.5) is 4.39 Å². The number of rotatable bonds is 5. The second kappa shape index (κ2) is 6.48. The average molecular weight is 148 g/mol. The molecule has 0 fully saturated rings. The van der Waals surface area contributed by atoms with Gasteiger partial charge in [-0.25, -0.2) is 4.39 Å². The van der Waals surface area contributed by atoms with Crippen LogP contribution in [-0.4, -0.2) is 32.2 Å². The smallest absolute Gasteiger partial charge is 0.251 e. The molecule has 0 aromatic heterocycles. The van der Waals surface area contributed by atoms with Gasteiger partial charge in [0.15, 0.2) is 6.67 Å². The summed E-state index contributed by atoms with van der Waals surface area (Å²) in [6.45, 7) is 3.10. The van der Waals surface area contributed by atoms with Crippen LogP contribution in [0, 0.1) is 0 Å². The van der Waals surface area contributed by atoms with Gasteiger partial charge in [0, 0.05) is 13.1 Å². The first kappa shape index (κ1) is 9.36. The van der Waals surface area contributed by atoms with Crippen molar-refractivity contribution < 1.29 is 9.18 Å². The van der Waals surface area contributed by atoms with Crippen molar-refractivity contribution in [3.8, 4) is 0 Å². The van der Waals surface area contributed by atoms with Crippen LogP contribution in [0.5, 0.6) is 0 Å². The molecule has 0 saturated heterocycles. The summed E-state index contributed by atoms with van der Waals surface area (Å²) in [6, 6.07) is 0. The molecule has 0 radical (unpaired) electrons. The molecule has 60 valence electrons. The number of likely N-dealkylation sites (N-methyl/N-ethyl adjacent to an activating group) is 1. The van der Waals surface area contributed by atoms with Crippen LogP contribution in [0.2, 0.25) is 0 Å². The molecule has 0 aliphatic rings. The SMILES string of the molecule is CCNCCNC(=O)CF. The highest BCUT2D eigenvalue weighted by Crippen LogP contribution is 1.66. The van der Waals surface area contributed by atoms with E-state index >= 15 is 0 Å². The monoisotopic (exact) mass is 148 g/mol. The Bertz CT molecular complexity index is 97.7. The number of halogens is 1. The summed E-state index contributed by atoms with van der Waals surface area (Å²) in [5.41, 5.74) is 0. The highest BCUT2D eigenvalue weighted by Gasteiger charge is 1.95. The highest BCUT2D eigenvalue weighted by molar-refractivity contribution is 5.76. The van der Waals surface area contributed by atoms with Gasteiger partial charge in [-0.15, -0.1) is 0 Å². The molecule has 0 unspecified atom stereocenters. The first-order chi connectivity index (χ1) is 4.81. The van der Waals surface area contributed by atoms with E-state index in [1.165, 1.54) is 0 Å². The summed E-state index contributed by atoms with van der Waals surface area (Å²) in [5, 5.41) is 5.38. The van der Waals surface area contributed by atoms with Crippen LogP contribution in [-0.2, 0) is 4.79 Å². The Morgan fingerprint density at radius 1 is 1.50 bits per heavy atom. The zero-order chi connectivity index (χ0) is 7.82. The van der Waals surface area contributed by atoms with E-state index in [4.69, 9.17) is 0 Å². The molecule has 0 bridgehead atoms. The summed E-state index contributed by atoms with van der Waals surface area (Å²) in [4.78, 5) is 10.3. The van der Waals surface area contributed by atoms with Gasteiger partial charge in [-0.3, -0.25) is 4.79 Å². The topological polar surface area (TPSA) is 41.1 Å². The van der Waals surface area contributed by atoms with Gasteiger partial charge in [0.05, 0.1) is 0 Å². The van der Waals surface area contributed by atoms with E-state index in [9.17, 15) is 9.18 Å².